The summed E-state index contributed by atoms with van der Waals surface area (Å²) in [6.45, 7) is 0.708. The lowest BCUT2D eigenvalue weighted by molar-refractivity contribution is 0.188. The van der Waals surface area contributed by atoms with Crippen LogP contribution >= 0.6 is 0 Å². The Kier molecular flexibility index (Phi) is 4.06. The predicted octanol–water partition coefficient (Wildman–Crippen LogP) is 2.60. The van der Waals surface area contributed by atoms with Crippen molar-refractivity contribution in [3.05, 3.63) is 53.9 Å². The van der Waals surface area contributed by atoms with Crippen LogP contribution in [0.15, 0.2) is 42.7 Å². The van der Waals surface area contributed by atoms with Gasteiger partial charge in [-0.1, -0.05) is 18.2 Å². The van der Waals surface area contributed by atoms with Gasteiger partial charge in [0.05, 0.1) is 19.9 Å². The fourth-order valence-electron chi connectivity index (χ4n) is 2.96. The van der Waals surface area contributed by atoms with Crippen LogP contribution in [0.4, 0.5) is 0 Å². The van der Waals surface area contributed by atoms with Crippen molar-refractivity contribution in [2.24, 2.45) is 5.92 Å². The summed E-state index contributed by atoms with van der Waals surface area (Å²) in [5.74, 6) is 2.16. The van der Waals surface area contributed by atoms with Crippen LogP contribution < -0.4 is 14.8 Å². The first-order chi connectivity index (χ1) is 10.3. The van der Waals surface area contributed by atoms with Gasteiger partial charge in [-0.3, -0.25) is 4.98 Å². The van der Waals surface area contributed by atoms with Gasteiger partial charge in [-0.15, -0.1) is 0 Å². The van der Waals surface area contributed by atoms with E-state index >= 15 is 0 Å². The molecule has 2 heterocycles. The van der Waals surface area contributed by atoms with Crippen LogP contribution in [0.2, 0.25) is 0 Å². The molecule has 0 saturated carbocycles. The minimum absolute atomic E-state index is 0.195. The summed E-state index contributed by atoms with van der Waals surface area (Å²) in [5, 5.41) is 3.39. The van der Waals surface area contributed by atoms with Gasteiger partial charge in [-0.25, -0.2) is 0 Å². The van der Waals surface area contributed by atoms with Gasteiger partial charge in [0, 0.05) is 18.2 Å². The topological polar surface area (TPSA) is 43.4 Å². The molecular formula is C17H20N2O2. The lowest BCUT2D eigenvalue weighted by Crippen LogP contribution is -2.33. The molecule has 0 radical (unpaired) electrons. The van der Waals surface area contributed by atoms with Gasteiger partial charge in [0.1, 0.15) is 11.5 Å². The van der Waals surface area contributed by atoms with E-state index in [0.29, 0.717) is 12.5 Å². The van der Waals surface area contributed by atoms with Crippen LogP contribution in [-0.2, 0) is 6.42 Å². The van der Waals surface area contributed by atoms with Crippen molar-refractivity contribution in [1.82, 2.24) is 10.3 Å². The summed E-state index contributed by atoms with van der Waals surface area (Å²) < 4.78 is 11.2. The number of pyridine rings is 1. The maximum Gasteiger partial charge on any atom is 0.137 e. The lowest BCUT2D eigenvalue weighted by Gasteiger charge is -2.31. The van der Waals surface area contributed by atoms with E-state index in [0.717, 1.165) is 23.5 Å². The number of nitrogens with one attached hydrogen (secondary N) is 1. The molecule has 1 aromatic carbocycles. The summed E-state index contributed by atoms with van der Waals surface area (Å²) in [4.78, 5) is 4.26. The Morgan fingerprint density at radius 2 is 2.19 bits per heavy atom. The SMILES string of the molecule is CNC(c1cncc(OC)c1)C1COc2ccccc2C1. The van der Waals surface area contributed by atoms with E-state index in [4.69, 9.17) is 9.47 Å². The molecule has 0 saturated heterocycles. The number of fused-ring (bicyclic) bond motifs is 1. The first-order valence-electron chi connectivity index (χ1n) is 7.18. The molecule has 1 aromatic heterocycles. The zero-order valence-corrected chi connectivity index (χ0v) is 12.4. The van der Waals surface area contributed by atoms with Gasteiger partial charge in [0.25, 0.3) is 0 Å². The Hall–Kier alpha value is -2.07. The fraction of sp³-hybridized carbons (Fsp3) is 0.353. The molecule has 0 bridgehead atoms. The quantitative estimate of drug-likeness (QED) is 0.937. The number of hydrogen-bond acceptors (Lipinski definition) is 4. The van der Waals surface area contributed by atoms with Crippen molar-refractivity contribution < 1.29 is 9.47 Å². The van der Waals surface area contributed by atoms with Crippen molar-refractivity contribution in [2.45, 2.75) is 12.5 Å². The molecule has 21 heavy (non-hydrogen) atoms. The summed E-state index contributed by atoms with van der Waals surface area (Å²) in [7, 11) is 3.64. The molecule has 4 heteroatoms. The number of ether oxygens (including phenoxy) is 2. The first-order valence-corrected chi connectivity index (χ1v) is 7.18. The number of nitrogens with zero attached hydrogens (tertiary/aromatic N) is 1. The van der Waals surface area contributed by atoms with Gasteiger partial charge < -0.3 is 14.8 Å². The minimum Gasteiger partial charge on any atom is -0.495 e. The van der Waals surface area contributed by atoms with E-state index in [1.807, 2.05) is 31.4 Å². The average molecular weight is 284 g/mol. The second kappa shape index (κ2) is 6.14. The summed E-state index contributed by atoms with van der Waals surface area (Å²) >= 11 is 0. The van der Waals surface area contributed by atoms with E-state index in [1.54, 1.807) is 13.3 Å². The third-order valence-corrected chi connectivity index (χ3v) is 4.02. The summed E-state index contributed by atoms with van der Waals surface area (Å²) in [6.07, 6.45) is 4.62. The van der Waals surface area contributed by atoms with Crippen molar-refractivity contribution in [1.29, 1.82) is 0 Å². The van der Waals surface area contributed by atoms with Crippen molar-refractivity contribution in [2.75, 3.05) is 20.8 Å². The molecular weight excluding hydrogens is 264 g/mol. The second-order valence-electron chi connectivity index (χ2n) is 5.31. The van der Waals surface area contributed by atoms with Gasteiger partial charge in [0.2, 0.25) is 0 Å². The number of para-hydroxylation sites is 1. The molecule has 4 nitrogen and oxygen atoms in total. The van der Waals surface area contributed by atoms with E-state index in [2.05, 4.69) is 22.4 Å². The van der Waals surface area contributed by atoms with E-state index in [1.165, 1.54) is 5.56 Å². The largest absolute Gasteiger partial charge is 0.495 e. The number of benzene rings is 1. The van der Waals surface area contributed by atoms with Crippen LogP contribution in [0.1, 0.15) is 17.2 Å². The van der Waals surface area contributed by atoms with E-state index in [-0.39, 0.29) is 6.04 Å². The fourth-order valence-corrected chi connectivity index (χ4v) is 2.96. The molecule has 2 aromatic rings. The van der Waals surface area contributed by atoms with Crippen LogP contribution in [0, 0.1) is 5.92 Å². The van der Waals surface area contributed by atoms with Crippen molar-refractivity contribution in [3.8, 4) is 11.5 Å². The summed E-state index contributed by atoms with van der Waals surface area (Å²) in [5.41, 5.74) is 2.40. The molecule has 1 aliphatic rings. The molecule has 110 valence electrons. The average Bonchev–Trinajstić information content (AvgIpc) is 2.56. The van der Waals surface area contributed by atoms with Crippen LogP contribution in [-0.4, -0.2) is 25.7 Å². The van der Waals surface area contributed by atoms with Gasteiger partial charge >= 0.3 is 0 Å². The zero-order chi connectivity index (χ0) is 14.7. The highest BCUT2D eigenvalue weighted by Gasteiger charge is 2.28. The Morgan fingerprint density at radius 3 is 3.00 bits per heavy atom. The monoisotopic (exact) mass is 284 g/mol. The van der Waals surface area contributed by atoms with Crippen molar-refractivity contribution in [3.63, 3.8) is 0 Å². The van der Waals surface area contributed by atoms with Crippen LogP contribution in [0.3, 0.4) is 0 Å². The third-order valence-electron chi connectivity index (χ3n) is 4.02. The maximum atomic E-state index is 5.91. The number of aromatic nitrogens is 1. The molecule has 2 atom stereocenters. The second-order valence-corrected chi connectivity index (χ2v) is 5.31. The zero-order valence-electron chi connectivity index (χ0n) is 12.4. The first kappa shape index (κ1) is 13.9. The highest BCUT2D eigenvalue weighted by molar-refractivity contribution is 5.36. The Bertz CT molecular complexity index is 615. The molecule has 1 N–H and O–H groups in total. The molecule has 0 fully saturated rings. The maximum absolute atomic E-state index is 5.91. The van der Waals surface area contributed by atoms with Gasteiger partial charge in [-0.2, -0.15) is 0 Å². The van der Waals surface area contributed by atoms with E-state index < -0.39 is 0 Å². The molecule has 0 amide bonds. The van der Waals surface area contributed by atoms with Crippen LogP contribution in [0.25, 0.3) is 0 Å². The number of methoxy groups -OCH3 is 1. The molecule has 3 rings (SSSR count). The Labute approximate surface area is 125 Å². The van der Waals surface area contributed by atoms with Gasteiger partial charge in [-0.05, 0) is 36.7 Å². The highest BCUT2D eigenvalue weighted by atomic mass is 16.5. The molecule has 0 aliphatic carbocycles. The van der Waals surface area contributed by atoms with Gasteiger partial charge in [0.15, 0.2) is 0 Å². The van der Waals surface area contributed by atoms with Crippen molar-refractivity contribution >= 4 is 0 Å². The smallest absolute Gasteiger partial charge is 0.137 e. The highest BCUT2D eigenvalue weighted by Crippen LogP contribution is 2.33. The minimum atomic E-state index is 0.195. The normalized spacial score (nSPS) is 18.5. The van der Waals surface area contributed by atoms with Crippen LogP contribution in [0.5, 0.6) is 11.5 Å². The standard InChI is InChI=1S/C17H20N2O2/c1-18-17(13-8-15(20-2)10-19-9-13)14-7-12-5-3-4-6-16(12)21-11-14/h3-6,8-10,14,17-18H,7,11H2,1-2H3. The number of hydrogen-bond donors (Lipinski definition) is 1. The Balaban J connectivity index is 1.84. The molecule has 0 spiro atoms. The Morgan fingerprint density at radius 1 is 1.33 bits per heavy atom. The third kappa shape index (κ3) is 2.85. The number of rotatable bonds is 4. The summed E-state index contributed by atoms with van der Waals surface area (Å²) in [6, 6.07) is 10.5. The lowest BCUT2D eigenvalue weighted by atomic mass is 9.87. The predicted molar refractivity (Wildman–Crippen MR) is 81.7 cm³/mol. The molecule has 1 aliphatic heterocycles. The molecule has 2 unspecified atom stereocenters. The van der Waals surface area contributed by atoms with E-state index in [9.17, 15) is 0 Å².